The van der Waals surface area contributed by atoms with Gasteiger partial charge in [-0.2, -0.15) is 0 Å². The minimum atomic E-state index is -0.543. The van der Waals surface area contributed by atoms with Crippen LogP contribution in [-0.2, 0) is 6.42 Å². The summed E-state index contributed by atoms with van der Waals surface area (Å²) in [7, 11) is 3.01. The number of hydrogen-bond acceptors (Lipinski definition) is 3. The smallest absolute Gasteiger partial charge is 0.256 e. The summed E-state index contributed by atoms with van der Waals surface area (Å²) < 4.78 is 10.3. The number of carbonyl (C=O) groups is 1. The van der Waals surface area contributed by atoms with Crippen molar-refractivity contribution in [1.29, 1.82) is 0 Å². The monoisotopic (exact) mass is 209 g/mol. The molecule has 82 valence electrons. The van der Waals surface area contributed by atoms with E-state index in [0.717, 1.165) is 12.0 Å². The lowest BCUT2D eigenvalue weighted by Gasteiger charge is -2.13. The molecular weight excluding hydrogens is 194 g/mol. The SMILES string of the molecule is CCc1ccc(OC)c(C(N)=O)c1OC. The molecule has 0 aliphatic rings. The molecule has 0 fully saturated rings. The number of ether oxygens (including phenoxy) is 2. The maximum absolute atomic E-state index is 11.3. The molecule has 0 saturated heterocycles. The standard InChI is InChI=1S/C11H15NO3/c1-4-7-5-6-8(14-2)9(11(12)13)10(7)15-3/h5-6H,4H2,1-3H3,(H2,12,13). The van der Waals surface area contributed by atoms with Gasteiger partial charge < -0.3 is 15.2 Å². The molecule has 0 aliphatic carbocycles. The number of benzene rings is 1. The lowest BCUT2D eigenvalue weighted by Crippen LogP contribution is -2.15. The number of methoxy groups -OCH3 is 2. The lowest BCUT2D eigenvalue weighted by molar-refractivity contribution is 0.0994. The highest BCUT2D eigenvalue weighted by atomic mass is 16.5. The van der Waals surface area contributed by atoms with E-state index in [2.05, 4.69) is 0 Å². The number of hydrogen-bond donors (Lipinski definition) is 1. The molecule has 1 amide bonds. The van der Waals surface area contributed by atoms with E-state index >= 15 is 0 Å². The Balaban J connectivity index is 3.44. The summed E-state index contributed by atoms with van der Waals surface area (Å²) >= 11 is 0. The Bertz CT molecular complexity index is 374. The summed E-state index contributed by atoms with van der Waals surface area (Å²) in [4.78, 5) is 11.3. The summed E-state index contributed by atoms with van der Waals surface area (Å²) in [6.45, 7) is 1.98. The predicted molar refractivity (Wildman–Crippen MR) is 57.4 cm³/mol. The van der Waals surface area contributed by atoms with Crippen molar-refractivity contribution in [2.45, 2.75) is 13.3 Å². The van der Waals surface area contributed by atoms with Crippen LogP contribution >= 0.6 is 0 Å². The molecule has 4 nitrogen and oxygen atoms in total. The molecule has 0 unspecified atom stereocenters. The van der Waals surface area contributed by atoms with Crippen LogP contribution in [0.4, 0.5) is 0 Å². The van der Waals surface area contributed by atoms with Crippen molar-refractivity contribution in [1.82, 2.24) is 0 Å². The molecule has 0 atom stereocenters. The zero-order valence-electron chi connectivity index (χ0n) is 9.16. The van der Waals surface area contributed by atoms with E-state index in [1.165, 1.54) is 14.2 Å². The fourth-order valence-electron chi connectivity index (χ4n) is 1.52. The number of aryl methyl sites for hydroxylation is 1. The van der Waals surface area contributed by atoms with Crippen molar-refractivity contribution in [3.63, 3.8) is 0 Å². The van der Waals surface area contributed by atoms with Crippen molar-refractivity contribution in [2.75, 3.05) is 14.2 Å². The van der Waals surface area contributed by atoms with E-state index < -0.39 is 5.91 Å². The number of nitrogens with two attached hydrogens (primary N) is 1. The first kappa shape index (κ1) is 11.4. The minimum absolute atomic E-state index is 0.305. The molecule has 1 aromatic rings. The third kappa shape index (κ3) is 2.03. The van der Waals surface area contributed by atoms with Gasteiger partial charge in [-0.1, -0.05) is 13.0 Å². The molecule has 2 N–H and O–H groups in total. The van der Waals surface area contributed by atoms with Crippen LogP contribution in [0.25, 0.3) is 0 Å². The van der Waals surface area contributed by atoms with Gasteiger partial charge in [-0.05, 0) is 18.1 Å². The predicted octanol–water partition coefficient (Wildman–Crippen LogP) is 1.37. The van der Waals surface area contributed by atoms with Crippen molar-refractivity contribution in [3.05, 3.63) is 23.3 Å². The van der Waals surface area contributed by atoms with Gasteiger partial charge in [-0.15, -0.1) is 0 Å². The first-order valence-corrected chi connectivity index (χ1v) is 4.69. The maximum atomic E-state index is 11.3. The fourth-order valence-corrected chi connectivity index (χ4v) is 1.52. The van der Waals surface area contributed by atoms with E-state index in [1.54, 1.807) is 6.07 Å². The van der Waals surface area contributed by atoms with Crippen molar-refractivity contribution in [3.8, 4) is 11.5 Å². The third-order valence-electron chi connectivity index (χ3n) is 2.25. The first-order chi connectivity index (χ1) is 7.15. The Morgan fingerprint density at radius 3 is 2.40 bits per heavy atom. The van der Waals surface area contributed by atoms with Crippen LogP contribution in [0.15, 0.2) is 12.1 Å². The van der Waals surface area contributed by atoms with E-state index in [-0.39, 0.29) is 0 Å². The molecule has 0 aromatic heterocycles. The number of carbonyl (C=O) groups excluding carboxylic acids is 1. The summed E-state index contributed by atoms with van der Waals surface area (Å²) in [6.07, 6.45) is 0.771. The topological polar surface area (TPSA) is 61.5 Å². The quantitative estimate of drug-likeness (QED) is 0.814. The zero-order valence-corrected chi connectivity index (χ0v) is 9.16. The number of amides is 1. The average Bonchev–Trinajstić information content (AvgIpc) is 2.26. The van der Waals surface area contributed by atoms with Gasteiger partial charge in [0.25, 0.3) is 5.91 Å². The number of rotatable bonds is 4. The molecule has 0 aliphatic heterocycles. The van der Waals surface area contributed by atoms with Crippen LogP contribution in [0, 0.1) is 0 Å². The van der Waals surface area contributed by atoms with Crippen LogP contribution in [-0.4, -0.2) is 20.1 Å². The third-order valence-corrected chi connectivity index (χ3v) is 2.25. The van der Waals surface area contributed by atoms with Gasteiger partial charge in [0.1, 0.15) is 17.1 Å². The van der Waals surface area contributed by atoms with Crippen molar-refractivity contribution in [2.24, 2.45) is 5.73 Å². The van der Waals surface area contributed by atoms with E-state index in [0.29, 0.717) is 17.1 Å². The average molecular weight is 209 g/mol. The second-order valence-electron chi connectivity index (χ2n) is 3.05. The highest BCUT2D eigenvalue weighted by Gasteiger charge is 2.18. The molecule has 1 aromatic carbocycles. The number of primary amides is 1. The summed E-state index contributed by atoms with van der Waals surface area (Å²) in [5.41, 5.74) is 6.53. The van der Waals surface area contributed by atoms with Gasteiger partial charge >= 0.3 is 0 Å². The van der Waals surface area contributed by atoms with Crippen LogP contribution in [0.3, 0.4) is 0 Å². The zero-order chi connectivity index (χ0) is 11.4. The minimum Gasteiger partial charge on any atom is -0.496 e. The molecule has 4 heteroatoms. The molecule has 0 bridgehead atoms. The van der Waals surface area contributed by atoms with Gasteiger partial charge in [0.15, 0.2) is 0 Å². The summed E-state index contributed by atoms with van der Waals surface area (Å²) in [5.74, 6) is 0.403. The molecule has 0 saturated carbocycles. The summed E-state index contributed by atoms with van der Waals surface area (Å²) in [6, 6.07) is 3.59. The van der Waals surface area contributed by atoms with Crippen LogP contribution < -0.4 is 15.2 Å². The molecule has 0 heterocycles. The Morgan fingerprint density at radius 1 is 1.33 bits per heavy atom. The summed E-state index contributed by atoms with van der Waals surface area (Å²) in [5, 5.41) is 0. The Morgan fingerprint density at radius 2 is 2.00 bits per heavy atom. The highest BCUT2D eigenvalue weighted by molar-refractivity contribution is 5.99. The van der Waals surface area contributed by atoms with Gasteiger partial charge in [0.2, 0.25) is 0 Å². The Kier molecular flexibility index (Phi) is 3.55. The second kappa shape index (κ2) is 4.68. The highest BCUT2D eigenvalue weighted by Crippen LogP contribution is 2.31. The van der Waals surface area contributed by atoms with Crippen molar-refractivity contribution < 1.29 is 14.3 Å². The van der Waals surface area contributed by atoms with Crippen LogP contribution in [0.1, 0.15) is 22.8 Å². The van der Waals surface area contributed by atoms with Gasteiger partial charge in [-0.3, -0.25) is 4.79 Å². The largest absolute Gasteiger partial charge is 0.496 e. The molecule has 15 heavy (non-hydrogen) atoms. The second-order valence-corrected chi connectivity index (χ2v) is 3.05. The maximum Gasteiger partial charge on any atom is 0.256 e. The van der Waals surface area contributed by atoms with E-state index in [9.17, 15) is 4.79 Å². The lowest BCUT2D eigenvalue weighted by atomic mass is 10.0. The molecular formula is C11H15NO3. The van der Waals surface area contributed by atoms with Gasteiger partial charge in [0, 0.05) is 0 Å². The van der Waals surface area contributed by atoms with Gasteiger partial charge in [0.05, 0.1) is 14.2 Å². The fraction of sp³-hybridized carbons (Fsp3) is 0.364. The Labute approximate surface area is 89.0 Å². The van der Waals surface area contributed by atoms with Gasteiger partial charge in [-0.25, -0.2) is 0 Å². The van der Waals surface area contributed by atoms with E-state index in [4.69, 9.17) is 15.2 Å². The van der Waals surface area contributed by atoms with Crippen LogP contribution in [0.5, 0.6) is 11.5 Å². The van der Waals surface area contributed by atoms with E-state index in [1.807, 2.05) is 13.0 Å². The van der Waals surface area contributed by atoms with Crippen LogP contribution in [0.2, 0.25) is 0 Å². The molecule has 1 rings (SSSR count). The first-order valence-electron chi connectivity index (χ1n) is 4.69. The molecule has 0 spiro atoms. The normalized spacial score (nSPS) is 9.80. The Hall–Kier alpha value is -1.71. The van der Waals surface area contributed by atoms with Crippen molar-refractivity contribution >= 4 is 5.91 Å². The molecule has 0 radical (unpaired) electrons.